The van der Waals surface area contributed by atoms with Gasteiger partial charge in [0, 0.05) is 90.3 Å². The summed E-state index contributed by atoms with van der Waals surface area (Å²) in [6.07, 6.45) is 16.1. The van der Waals surface area contributed by atoms with Crippen LogP contribution in [0.5, 0.6) is 0 Å². The fraction of sp³-hybridized carbons (Fsp3) is 0.0769. The van der Waals surface area contributed by atoms with Gasteiger partial charge in [-0.2, -0.15) is 0 Å². The molecule has 45 heavy (non-hydrogen) atoms. The van der Waals surface area contributed by atoms with E-state index in [1.54, 1.807) is 18.6 Å². The second kappa shape index (κ2) is 12.7. The van der Waals surface area contributed by atoms with Crippen molar-refractivity contribution in [2.24, 2.45) is 4.99 Å². The Kier molecular flexibility index (Phi) is 7.81. The smallest absolute Gasteiger partial charge is 0.126 e. The van der Waals surface area contributed by atoms with Gasteiger partial charge in [-0.3, -0.25) is 19.9 Å². The number of benzene rings is 2. The molecular weight excluding hydrogens is 552 g/mol. The molecule has 1 aliphatic heterocycles. The molecule has 6 heteroatoms. The van der Waals surface area contributed by atoms with Gasteiger partial charge in [-0.1, -0.05) is 30.0 Å². The quantitative estimate of drug-likeness (QED) is 0.185. The SMILES string of the molecule is Cc1nc(-c2cc(/C3=C/N=C\CC#CC3)cc(-c3cccnc3)c2)cc(-c2cc(-c3cccnc3)cc(-c3cccnc3)c2)n1. The number of allylic oxidation sites excluding steroid dienone is 1. The highest BCUT2D eigenvalue weighted by Gasteiger charge is 2.14. The van der Waals surface area contributed by atoms with Crippen molar-refractivity contribution in [1.82, 2.24) is 24.9 Å². The van der Waals surface area contributed by atoms with Gasteiger partial charge in [0.15, 0.2) is 0 Å². The van der Waals surface area contributed by atoms with E-state index in [1.807, 2.05) is 56.1 Å². The summed E-state index contributed by atoms with van der Waals surface area (Å²) in [7, 11) is 0. The first kappa shape index (κ1) is 27.8. The number of hydrogen-bond donors (Lipinski definition) is 0. The van der Waals surface area contributed by atoms with Crippen molar-refractivity contribution in [3.8, 4) is 67.7 Å². The standard InChI is InChI=1S/C39H28N6/c1-27-44-38(36-18-32(28-8-3-2-4-12-40-23-28)16-33(19-36)29-9-5-13-41-24-29)22-39(45-27)37-20-34(30-10-6-14-42-25-30)17-35(21-37)31-11-7-15-43-26-31/h5-7,9-26H,4,8H2,1H3/b28-23+,40-12-. The Balaban J connectivity index is 1.39. The summed E-state index contributed by atoms with van der Waals surface area (Å²) in [6.45, 7) is 1.94. The van der Waals surface area contributed by atoms with E-state index in [1.165, 1.54) is 0 Å². The highest BCUT2D eigenvalue weighted by atomic mass is 14.9. The monoisotopic (exact) mass is 580 g/mol. The van der Waals surface area contributed by atoms with Crippen molar-refractivity contribution in [3.63, 3.8) is 0 Å². The van der Waals surface area contributed by atoms with E-state index in [2.05, 4.69) is 92.4 Å². The van der Waals surface area contributed by atoms with E-state index in [0.717, 1.165) is 67.0 Å². The number of hydrogen-bond acceptors (Lipinski definition) is 6. The van der Waals surface area contributed by atoms with Crippen LogP contribution in [0.4, 0.5) is 0 Å². The van der Waals surface area contributed by atoms with Crippen LogP contribution in [0.25, 0.3) is 61.5 Å². The van der Waals surface area contributed by atoms with Crippen LogP contribution in [-0.4, -0.2) is 31.1 Å². The van der Waals surface area contributed by atoms with Gasteiger partial charge in [0.1, 0.15) is 5.82 Å². The van der Waals surface area contributed by atoms with E-state index in [-0.39, 0.29) is 0 Å². The minimum absolute atomic E-state index is 0.625. The Bertz CT molecular complexity index is 2050. The van der Waals surface area contributed by atoms with Crippen LogP contribution < -0.4 is 0 Å². The highest BCUT2D eigenvalue weighted by molar-refractivity contribution is 5.83. The van der Waals surface area contributed by atoms with Crippen LogP contribution in [-0.2, 0) is 0 Å². The van der Waals surface area contributed by atoms with Crippen LogP contribution in [0, 0.1) is 18.8 Å². The first-order valence-electron chi connectivity index (χ1n) is 14.7. The predicted octanol–water partition coefficient (Wildman–Crippen LogP) is 8.51. The Morgan fingerprint density at radius 2 is 1.02 bits per heavy atom. The van der Waals surface area contributed by atoms with Crippen molar-refractivity contribution >= 4 is 11.8 Å². The molecule has 0 aliphatic carbocycles. The molecule has 4 aromatic heterocycles. The second-order valence-corrected chi connectivity index (χ2v) is 10.7. The molecule has 0 amide bonds. The molecular formula is C39H28N6. The van der Waals surface area contributed by atoms with Crippen LogP contribution in [0.2, 0.25) is 0 Å². The van der Waals surface area contributed by atoms with Gasteiger partial charge >= 0.3 is 0 Å². The molecule has 0 radical (unpaired) electrons. The lowest BCUT2D eigenvalue weighted by atomic mass is 9.93. The molecule has 214 valence electrons. The summed E-state index contributed by atoms with van der Waals surface area (Å²) in [5.74, 6) is 7.13. The van der Waals surface area contributed by atoms with E-state index in [0.29, 0.717) is 18.7 Å². The molecule has 6 aromatic rings. The third-order valence-corrected chi connectivity index (χ3v) is 7.58. The summed E-state index contributed by atoms with van der Waals surface area (Å²) in [5.41, 5.74) is 12.0. The molecule has 0 saturated carbocycles. The molecule has 2 aromatic carbocycles. The van der Waals surface area contributed by atoms with Gasteiger partial charge in [0.25, 0.3) is 0 Å². The van der Waals surface area contributed by atoms with Gasteiger partial charge in [-0.25, -0.2) is 9.97 Å². The molecule has 1 aliphatic rings. The van der Waals surface area contributed by atoms with Crippen LogP contribution >= 0.6 is 0 Å². The van der Waals surface area contributed by atoms with Crippen LogP contribution in [0.15, 0.2) is 127 Å². The molecule has 0 saturated heterocycles. The molecule has 0 fully saturated rings. The highest BCUT2D eigenvalue weighted by Crippen LogP contribution is 2.35. The minimum atomic E-state index is 0.625. The van der Waals surface area contributed by atoms with E-state index >= 15 is 0 Å². The van der Waals surface area contributed by atoms with Crippen molar-refractivity contribution in [2.75, 3.05) is 0 Å². The van der Waals surface area contributed by atoms with Crippen molar-refractivity contribution in [1.29, 1.82) is 0 Å². The number of aliphatic imine (C=N–C) groups is 1. The lowest BCUT2D eigenvalue weighted by Crippen LogP contribution is -1.97. The Morgan fingerprint density at radius 3 is 1.53 bits per heavy atom. The molecule has 0 N–H and O–H groups in total. The molecule has 5 heterocycles. The zero-order valence-electron chi connectivity index (χ0n) is 24.7. The van der Waals surface area contributed by atoms with Gasteiger partial charge in [0.2, 0.25) is 0 Å². The summed E-state index contributed by atoms with van der Waals surface area (Å²) in [5, 5.41) is 0. The zero-order valence-corrected chi connectivity index (χ0v) is 24.7. The number of aryl methyl sites for hydroxylation is 1. The van der Waals surface area contributed by atoms with Gasteiger partial charge in [-0.15, -0.1) is 0 Å². The number of pyridine rings is 3. The predicted molar refractivity (Wildman–Crippen MR) is 181 cm³/mol. The zero-order chi connectivity index (χ0) is 30.4. The van der Waals surface area contributed by atoms with Gasteiger partial charge in [-0.05, 0) is 95.4 Å². The largest absolute Gasteiger partial charge is 0.268 e. The van der Waals surface area contributed by atoms with Crippen molar-refractivity contribution in [2.45, 2.75) is 19.8 Å². The number of aromatic nitrogens is 5. The number of nitrogens with zero attached hydrogens (tertiary/aromatic N) is 6. The average Bonchev–Trinajstić information content (AvgIpc) is 3.09. The summed E-state index contributed by atoms with van der Waals surface area (Å²) in [4.78, 5) is 27.4. The topological polar surface area (TPSA) is 76.8 Å². The van der Waals surface area contributed by atoms with Crippen molar-refractivity contribution < 1.29 is 0 Å². The van der Waals surface area contributed by atoms with Crippen LogP contribution in [0.1, 0.15) is 24.2 Å². The third kappa shape index (κ3) is 6.34. The molecule has 0 spiro atoms. The average molecular weight is 581 g/mol. The second-order valence-electron chi connectivity index (χ2n) is 10.7. The first-order chi connectivity index (χ1) is 22.2. The third-order valence-electron chi connectivity index (χ3n) is 7.58. The van der Waals surface area contributed by atoms with E-state index < -0.39 is 0 Å². The minimum Gasteiger partial charge on any atom is -0.268 e. The Hall–Kier alpha value is -6.06. The maximum atomic E-state index is 4.92. The summed E-state index contributed by atoms with van der Waals surface area (Å²) < 4.78 is 0. The van der Waals surface area contributed by atoms with E-state index in [9.17, 15) is 0 Å². The lowest BCUT2D eigenvalue weighted by molar-refractivity contribution is 1.06. The van der Waals surface area contributed by atoms with Gasteiger partial charge < -0.3 is 0 Å². The lowest BCUT2D eigenvalue weighted by Gasteiger charge is -2.14. The molecule has 7 rings (SSSR count). The maximum Gasteiger partial charge on any atom is 0.126 e. The van der Waals surface area contributed by atoms with E-state index in [4.69, 9.17) is 9.97 Å². The summed E-state index contributed by atoms with van der Waals surface area (Å²) in [6, 6.07) is 27.1. The Labute approximate surface area is 262 Å². The van der Waals surface area contributed by atoms with Gasteiger partial charge in [0.05, 0.1) is 11.4 Å². The fourth-order valence-corrected chi connectivity index (χ4v) is 5.39. The normalized spacial score (nSPS) is 14.3. The first-order valence-corrected chi connectivity index (χ1v) is 14.7. The Morgan fingerprint density at radius 1 is 0.533 bits per heavy atom. The van der Waals surface area contributed by atoms with Crippen molar-refractivity contribution in [3.05, 3.63) is 134 Å². The molecule has 0 bridgehead atoms. The fourth-order valence-electron chi connectivity index (χ4n) is 5.39. The summed E-state index contributed by atoms with van der Waals surface area (Å²) >= 11 is 0. The molecule has 0 atom stereocenters. The number of rotatable bonds is 6. The maximum absolute atomic E-state index is 4.92. The molecule has 6 nitrogen and oxygen atoms in total. The van der Waals surface area contributed by atoms with Crippen LogP contribution in [0.3, 0.4) is 0 Å². The molecule has 0 unspecified atom stereocenters.